The van der Waals surface area contributed by atoms with Gasteiger partial charge in [0.2, 0.25) is 0 Å². The molecule has 1 spiro atoms. The Morgan fingerprint density at radius 3 is 2.41 bits per heavy atom. The Morgan fingerprint density at radius 1 is 1.36 bits per heavy atom. The summed E-state index contributed by atoms with van der Waals surface area (Å²) < 4.78 is 11.2. The third kappa shape index (κ3) is 2.11. The zero-order chi connectivity index (χ0) is 15.9. The molecule has 1 fully saturated rings. The summed E-state index contributed by atoms with van der Waals surface area (Å²) in [5, 5.41) is 10.6. The van der Waals surface area contributed by atoms with Gasteiger partial charge in [0.15, 0.2) is 17.8 Å². The van der Waals surface area contributed by atoms with Gasteiger partial charge in [0.1, 0.15) is 0 Å². The fraction of sp³-hybridized carbons (Fsp3) is 0.385. The van der Waals surface area contributed by atoms with E-state index in [-0.39, 0.29) is 24.9 Å². The number of aliphatic imine (C=N–C) groups is 1. The average molecular weight is 306 g/mol. The summed E-state index contributed by atoms with van der Waals surface area (Å²) in [7, 11) is 1.66. The van der Waals surface area contributed by atoms with Crippen LogP contribution in [0.1, 0.15) is 11.9 Å². The molecule has 0 atom stereocenters. The summed E-state index contributed by atoms with van der Waals surface area (Å²) in [6.07, 6.45) is -0.686. The zero-order valence-electron chi connectivity index (χ0n) is 11.8. The lowest BCUT2D eigenvalue weighted by molar-refractivity contribution is -0.384. The number of nitro benzene ring substituents is 1. The number of hydrogen-bond acceptors (Lipinski definition) is 7. The van der Waals surface area contributed by atoms with Crippen molar-refractivity contribution >= 4 is 17.6 Å². The maximum atomic E-state index is 12.0. The molecule has 2 aliphatic heterocycles. The van der Waals surface area contributed by atoms with Gasteiger partial charge in [-0.2, -0.15) is 4.99 Å². The van der Waals surface area contributed by atoms with Gasteiger partial charge in [0.25, 0.3) is 11.6 Å². The average Bonchev–Trinajstić information content (AvgIpc) is 2.72. The van der Waals surface area contributed by atoms with Crippen LogP contribution in [0.25, 0.3) is 0 Å². The Kier molecular flexibility index (Phi) is 3.30. The number of likely N-dealkylation sites (N-methyl/N-ethyl adjacent to an activating group) is 1. The second kappa shape index (κ2) is 5.04. The van der Waals surface area contributed by atoms with E-state index in [4.69, 9.17) is 15.2 Å². The first-order chi connectivity index (χ1) is 10.4. The topological polar surface area (TPSA) is 120 Å². The van der Waals surface area contributed by atoms with Gasteiger partial charge in [0, 0.05) is 24.7 Å². The Hall–Kier alpha value is -2.52. The van der Waals surface area contributed by atoms with E-state index >= 15 is 0 Å². The van der Waals surface area contributed by atoms with Crippen molar-refractivity contribution in [3.63, 3.8) is 0 Å². The monoisotopic (exact) mass is 306 g/mol. The van der Waals surface area contributed by atoms with Gasteiger partial charge in [-0.1, -0.05) is 0 Å². The number of hydrogen-bond donors (Lipinski definition) is 1. The number of non-ortho nitro benzene ring substituents is 1. The number of ether oxygens (including phenoxy) is 2. The summed E-state index contributed by atoms with van der Waals surface area (Å²) in [6.45, 7) is 0.155. The van der Waals surface area contributed by atoms with E-state index in [0.29, 0.717) is 5.56 Å². The maximum Gasteiger partial charge on any atom is 0.279 e. The standard InChI is InChI=1S/C13H14N4O5/c1-16-12(14)15-11(18)13(16)6-21-10(22-7-13)8-2-4-9(5-3-8)17(19)20/h2-5,10H,6-7H2,1H3,(H2,14,15,18). The van der Waals surface area contributed by atoms with Crippen LogP contribution in [0.5, 0.6) is 0 Å². The van der Waals surface area contributed by atoms with E-state index < -0.39 is 22.7 Å². The number of carbonyl (C=O) groups excluding carboxylic acids is 1. The molecule has 2 heterocycles. The third-order valence-corrected chi connectivity index (χ3v) is 3.92. The van der Waals surface area contributed by atoms with Crippen LogP contribution < -0.4 is 5.73 Å². The highest BCUT2D eigenvalue weighted by Crippen LogP contribution is 2.33. The molecule has 22 heavy (non-hydrogen) atoms. The van der Waals surface area contributed by atoms with Gasteiger partial charge in [-0.3, -0.25) is 14.9 Å². The number of carbonyl (C=O) groups is 1. The van der Waals surface area contributed by atoms with Crippen LogP contribution in [0.3, 0.4) is 0 Å². The molecule has 116 valence electrons. The molecule has 0 radical (unpaired) electrons. The van der Waals surface area contributed by atoms with Crippen molar-refractivity contribution in [2.24, 2.45) is 10.7 Å². The minimum absolute atomic E-state index is 0.0112. The van der Waals surface area contributed by atoms with Crippen molar-refractivity contribution in [1.82, 2.24) is 4.90 Å². The largest absolute Gasteiger partial charge is 0.369 e. The van der Waals surface area contributed by atoms with Crippen LogP contribution in [-0.2, 0) is 14.3 Å². The smallest absolute Gasteiger partial charge is 0.279 e. The number of rotatable bonds is 2. The molecule has 2 N–H and O–H groups in total. The highest BCUT2D eigenvalue weighted by atomic mass is 16.7. The van der Waals surface area contributed by atoms with Gasteiger partial charge in [-0.15, -0.1) is 0 Å². The van der Waals surface area contributed by atoms with Gasteiger partial charge in [-0.05, 0) is 12.1 Å². The molecule has 9 heteroatoms. The van der Waals surface area contributed by atoms with E-state index in [1.165, 1.54) is 12.1 Å². The third-order valence-electron chi connectivity index (χ3n) is 3.92. The molecular formula is C13H14N4O5. The number of nitrogens with two attached hydrogens (primary N) is 1. The second-order valence-electron chi connectivity index (χ2n) is 5.17. The van der Waals surface area contributed by atoms with Gasteiger partial charge >= 0.3 is 0 Å². The van der Waals surface area contributed by atoms with Crippen molar-refractivity contribution < 1.29 is 19.2 Å². The normalized spacial score (nSPS) is 28.0. The van der Waals surface area contributed by atoms with Crippen LogP contribution in [0, 0.1) is 10.1 Å². The number of guanidine groups is 1. The molecule has 1 aromatic carbocycles. The second-order valence-corrected chi connectivity index (χ2v) is 5.17. The summed E-state index contributed by atoms with van der Waals surface area (Å²) in [6, 6.07) is 5.87. The maximum absolute atomic E-state index is 12.0. The first-order valence-corrected chi connectivity index (χ1v) is 6.54. The van der Waals surface area contributed by atoms with Gasteiger partial charge < -0.3 is 20.1 Å². The van der Waals surface area contributed by atoms with Crippen LogP contribution in [0.2, 0.25) is 0 Å². The van der Waals surface area contributed by atoms with Crippen LogP contribution in [-0.4, -0.2) is 47.5 Å². The van der Waals surface area contributed by atoms with Gasteiger partial charge in [0.05, 0.1) is 18.1 Å². The fourth-order valence-corrected chi connectivity index (χ4v) is 2.43. The fourth-order valence-electron chi connectivity index (χ4n) is 2.43. The molecule has 0 aliphatic carbocycles. The molecule has 1 amide bonds. The van der Waals surface area contributed by atoms with Crippen molar-refractivity contribution in [2.75, 3.05) is 20.3 Å². The summed E-state index contributed by atoms with van der Waals surface area (Å²) in [4.78, 5) is 27.4. The Bertz CT molecular complexity index is 649. The molecule has 0 saturated carbocycles. The Morgan fingerprint density at radius 2 is 1.95 bits per heavy atom. The molecule has 3 rings (SSSR count). The lowest BCUT2D eigenvalue weighted by Crippen LogP contribution is -2.60. The number of benzene rings is 1. The molecule has 0 unspecified atom stereocenters. The van der Waals surface area contributed by atoms with Crippen LogP contribution in [0.4, 0.5) is 5.69 Å². The molecule has 0 bridgehead atoms. The predicted molar refractivity (Wildman–Crippen MR) is 74.9 cm³/mol. The molecular weight excluding hydrogens is 292 g/mol. The van der Waals surface area contributed by atoms with E-state index in [1.54, 1.807) is 24.1 Å². The summed E-state index contributed by atoms with van der Waals surface area (Å²) in [5.41, 5.74) is 5.25. The minimum atomic E-state index is -1.03. The van der Waals surface area contributed by atoms with Crippen molar-refractivity contribution in [1.29, 1.82) is 0 Å². The molecule has 2 aliphatic rings. The highest BCUT2D eigenvalue weighted by Gasteiger charge is 2.52. The Labute approximate surface area is 125 Å². The number of amides is 1. The van der Waals surface area contributed by atoms with Crippen LogP contribution in [0.15, 0.2) is 29.3 Å². The number of nitrogens with zero attached hydrogens (tertiary/aromatic N) is 3. The molecule has 1 saturated heterocycles. The Balaban J connectivity index is 1.72. The van der Waals surface area contributed by atoms with Crippen molar-refractivity contribution in [3.05, 3.63) is 39.9 Å². The number of nitro groups is 1. The summed E-state index contributed by atoms with van der Waals surface area (Å²) in [5.74, 6) is -0.263. The summed E-state index contributed by atoms with van der Waals surface area (Å²) >= 11 is 0. The molecule has 1 aromatic rings. The molecule has 0 aromatic heterocycles. The lowest BCUT2D eigenvalue weighted by atomic mass is 9.99. The van der Waals surface area contributed by atoms with Crippen molar-refractivity contribution in [3.8, 4) is 0 Å². The molecule has 9 nitrogen and oxygen atoms in total. The lowest BCUT2D eigenvalue weighted by Gasteiger charge is -2.40. The first-order valence-electron chi connectivity index (χ1n) is 6.54. The van der Waals surface area contributed by atoms with Crippen LogP contribution >= 0.6 is 0 Å². The quantitative estimate of drug-likeness (QED) is 0.610. The predicted octanol–water partition coefficient (Wildman–Crippen LogP) is 0.166. The van der Waals surface area contributed by atoms with E-state index in [1.807, 2.05) is 0 Å². The SMILES string of the molecule is CN1C(N)=NC(=O)C12COC(c1ccc([N+](=O)[O-])cc1)OC2. The first kappa shape index (κ1) is 14.4. The van der Waals surface area contributed by atoms with Crippen molar-refractivity contribution in [2.45, 2.75) is 11.8 Å². The van der Waals surface area contributed by atoms with E-state index in [9.17, 15) is 14.9 Å². The minimum Gasteiger partial charge on any atom is -0.369 e. The highest BCUT2D eigenvalue weighted by molar-refractivity contribution is 6.05. The van der Waals surface area contributed by atoms with E-state index in [2.05, 4.69) is 4.99 Å². The zero-order valence-corrected chi connectivity index (χ0v) is 11.8. The van der Waals surface area contributed by atoms with E-state index in [0.717, 1.165) is 0 Å². The van der Waals surface area contributed by atoms with Gasteiger partial charge in [-0.25, -0.2) is 0 Å².